The first-order chi connectivity index (χ1) is 14.3. The van der Waals surface area contributed by atoms with Crippen LogP contribution >= 0.6 is 11.6 Å². The first-order valence-electron chi connectivity index (χ1n) is 9.00. The topological polar surface area (TPSA) is 138 Å². The van der Waals surface area contributed by atoms with Crippen molar-refractivity contribution in [1.82, 2.24) is 20.5 Å². The smallest absolute Gasteiger partial charge is 0.332 e. The maximum absolute atomic E-state index is 12.3. The molecule has 0 aliphatic carbocycles. The number of benzene rings is 2. The van der Waals surface area contributed by atoms with Crippen molar-refractivity contribution in [1.29, 1.82) is 0 Å². The number of aliphatic hydroxyl groups excluding tert-OH is 1. The van der Waals surface area contributed by atoms with Crippen molar-refractivity contribution in [2.75, 3.05) is 0 Å². The molecule has 4 N–H and O–H groups in total. The Kier molecular flexibility index (Phi) is 6.65. The van der Waals surface area contributed by atoms with Gasteiger partial charge in [0.15, 0.2) is 11.8 Å². The Labute approximate surface area is 176 Å². The molecule has 1 amide bonds. The van der Waals surface area contributed by atoms with E-state index in [1.54, 1.807) is 6.07 Å². The monoisotopic (exact) mass is 430 g/mol. The standard InChI is InChI=1S/C20H19ClN4O5/c21-15-3-1-2-14(9-15)13-6-4-12(5-7-13)8-16(10-18(26)20(28)29)22-19(27)17-11-25(30)24-23-17/h1-7,9,11,16,18,26,30H,8,10H2,(H,22,27)(H,28,29). The van der Waals surface area contributed by atoms with Crippen molar-refractivity contribution in [2.24, 2.45) is 0 Å². The number of nitrogens with zero attached hydrogens (tertiary/aromatic N) is 3. The Bertz CT molecular complexity index is 1040. The molecule has 3 aromatic rings. The number of hydrogen-bond donors (Lipinski definition) is 4. The fraction of sp³-hybridized carbons (Fsp3) is 0.200. The average Bonchev–Trinajstić information content (AvgIpc) is 3.15. The highest BCUT2D eigenvalue weighted by Gasteiger charge is 2.23. The van der Waals surface area contributed by atoms with Gasteiger partial charge in [-0.05, 0) is 40.5 Å². The molecule has 2 aromatic carbocycles. The minimum atomic E-state index is -1.64. The second kappa shape index (κ2) is 9.38. The Morgan fingerprint density at radius 1 is 1.13 bits per heavy atom. The Morgan fingerprint density at radius 3 is 2.47 bits per heavy atom. The molecule has 2 atom stereocenters. The zero-order valence-corrected chi connectivity index (χ0v) is 16.4. The van der Waals surface area contributed by atoms with Gasteiger partial charge in [-0.2, -0.15) is 0 Å². The van der Waals surface area contributed by atoms with Gasteiger partial charge in [-0.25, -0.2) is 4.79 Å². The second-order valence-corrected chi connectivity index (χ2v) is 7.13. The van der Waals surface area contributed by atoms with E-state index < -0.39 is 24.0 Å². The average molecular weight is 431 g/mol. The van der Waals surface area contributed by atoms with Gasteiger partial charge in [0.25, 0.3) is 5.91 Å². The second-order valence-electron chi connectivity index (χ2n) is 6.70. The van der Waals surface area contributed by atoms with Gasteiger partial charge in [-0.3, -0.25) is 4.79 Å². The summed E-state index contributed by atoms with van der Waals surface area (Å²) >= 11 is 6.03. The van der Waals surface area contributed by atoms with Crippen LogP contribution in [0.5, 0.6) is 0 Å². The fourth-order valence-corrected chi connectivity index (χ4v) is 3.16. The van der Waals surface area contributed by atoms with Crippen LogP contribution in [-0.4, -0.2) is 54.6 Å². The molecule has 2 unspecified atom stereocenters. The highest BCUT2D eigenvalue weighted by molar-refractivity contribution is 6.30. The number of rotatable bonds is 8. The van der Waals surface area contributed by atoms with E-state index in [0.29, 0.717) is 9.87 Å². The summed E-state index contributed by atoms with van der Waals surface area (Å²) < 4.78 is 0. The molecule has 156 valence electrons. The largest absolute Gasteiger partial charge is 0.479 e. The zero-order valence-electron chi connectivity index (χ0n) is 15.6. The molecule has 1 aromatic heterocycles. The third-order valence-corrected chi connectivity index (χ3v) is 4.67. The van der Waals surface area contributed by atoms with Gasteiger partial charge in [0.05, 0.1) is 6.20 Å². The third kappa shape index (κ3) is 5.56. The lowest BCUT2D eigenvalue weighted by Crippen LogP contribution is -2.40. The van der Waals surface area contributed by atoms with Crippen molar-refractivity contribution in [3.63, 3.8) is 0 Å². The van der Waals surface area contributed by atoms with Crippen molar-refractivity contribution < 1.29 is 25.0 Å². The molecule has 0 radical (unpaired) electrons. The number of aromatic nitrogens is 3. The minimum absolute atomic E-state index is 0.136. The number of amides is 1. The molecule has 3 rings (SSSR count). The number of carboxylic acids is 1. The lowest BCUT2D eigenvalue weighted by Gasteiger charge is -2.20. The van der Waals surface area contributed by atoms with E-state index in [4.69, 9.17) is 21.9 Å². The molecular weight excluding hydrogens is 412 g/mol. The highest BCUT2D eigenvalue weighted by Crippen LogP contribution is 2.23. The van der Waals surface area contributed by atoms with Gasteiger partial charge in [0.1, 0.15) is 0 Å². The quantitative estimate of drug-likeness (QED) is 0.401. The molecule has 0 aliphatic heterocycles. The third-order valence-electron chi connectivity index (χ3n) is 4.44. The molecule has 9 nitrogen and oxygen atoms in total. The van der Waals surface area contributed by atoms with E-state index in [-0.39, 0.29) is 18.5 Å². The Hall–Kier alpha value is -3.43. The molecule has 0 fully saturated rings. The maximum Gasteiger partial charge on any atom is 0.332 e. The van der Waals surface area contributed by atoms with Gasteiger partial charge in [0, 0.05) is 17.5 Å². The molecule has 10 heteroatoms. The van der Waals surface area contributed by atoms with Gasteiger partial charge in [-0.1, -0.05) is 52.8 Å². The van der Waals surface area contributed by atoms with Crippen LogP contribution in [0.3, 0.4) is 0 Å². The van der Waals surface area contributed by atoms with Gasteiger partial charge in [-0.15, -0.1) is 5.10 Å². The van der Waals surface area contributed by atoms with Gasteiger partial charge in [0.2, 0.25) is 0 Å². The highest BCUT2D eigenvalue weighted by atomic mass is 35.5. The van der Waals surface area contributed by atoms with E-state index in [9.17, 15) is 14.7 Å². The lowest BCUT2D eigenvalue weighted by atomic mass is 9.97. The van der Waals surface area contributed by atoms with Gasteiger partial charge < -0.3 is 20.7 Å². The fourth-order valence-electron chi connectivity index (χ4n) is 2.97. The number of carboxylic acid groups (broad SMARTS) is 1. The molecule has 1 heterocycles. The van der Waals surface area contributed by atoms with E-state index >= 15 is 0 Å². The van der Waals surface area contributed by atoms with E-state index in [1.807, 2.05) is 42.5 Å². The van der Waals surface area contributed by atoms with Crippen LogP contribution < -0.4 is 5.32 Å². The SMILES string of the molecule is O=C(NC(Cc1ccc(-c2cccc(Cl)c2)cc1)CC(O)C(=O)O)c1cn(O)nn1. The molecule has 0 bridgehead atoms. The predicted molar refractivity (Wildman–Crippen MR) is 107 cm³/mol. The molecule has 0 aliphatic rings. The van der Waals surface area contributed by atoms with Crippen LogP contribution in [0.4, 0.5) is 0 Å². The molecule has 0 saturated heterocycles. The van der Waals surface area contributed by atoms with Crippen LogP contribution in [0, 0.1) is 0 Å². The van der Waals surface area contributed by atoms with Crippen molar-refractivity contribution in [3.05, 3.63) is 71.0 Å². The van der Waals surface area contributed by atoms with Gasteiger partial charge >= 0.3 is 5.97 Å². The number of carbonyl (C=O) groups excluding carboxylic acids is 1. The zero-order chi connectivity index (χ0) is 21.7. The van der Waals surface area contributed by atoms with Crippen LogP contribution in [-0.2, 0) is 11.2 Å². The summed E-state index contributed by atoms with van der Waals surface area (Å²) in [6.07, 6.45) is -0.557. The summed E-state index contributed by atoms with van der Waals surface area (Å²) in [5, 5.41) is 37.9. The molecule has 0 spiro atoms. The van der Waals surface area contributed by atoms with E-state index in [2.05, 4.69) is 15.6 Å². The number of halogens is 1. The van der Waals surface area contributed by atoms with Crippen LogP contribution in [0.15, 0.2) is 54.7 Å². The number of hydrogen-bond acceptors (Lipinski definition) is 6. The number of carbonyl (C=O) groups is 2. The molecular formula is C20H19ClN4O5. The summed E-state index contributed by atoms with van der Waals surface area (Å²) in [5.74, 6) is -2.03. The Morgan fingerprint density at radius 2 is 1.87 bits per heavy atom. The lowest BCUT2D eigenvalue weighted by molar-refractivity contribution is -0.147. The molecule has 30 heavy (non-hydrogen) atoms. The van der Waals surface area contributed by atoms with Crippen LogP contribution in [0.1, 0.15) is 22.5 Å². The van der Waals surface area contributed by atoms with Crippen molar-refractivity contribution in [2.45, 2.75) is 25.0 Å². The summed E-state index contributed by atoms with van der Waals surface area (Å²) in [6, 6.07) is 14.2. The summed E-state index contributed by atoms with van der Waals surface area (Å²) in [4.78, 5) is 23.7. The first-order valence-corrected chi connectivity index (χ1v) is 9.38. The Balaban J connectivity index is 1.74. The number of aliphatic hydroxyl groups is 1. The summed E-state index contributed by atoms with van der Waals surface area (Å²) in [7, 11) is 0. The predicted octanol–water partition coefficient (Wildman–Crippen LogP) is 2.01. The summed E-state index contributed by atoms with van der Waals surface area (Å²) in [5.41, 5.74) is 2.59. The van der Waals surface area contributed by atoms with Crippen molar-refractivity contribution >= 4 is 23.5 Å². The maximum atomic E-state index is 12.3. The number of aliphatic carboxylic acids is 1. The first kappa shape index (κ1) is 21.3. The van der Waals surface area contributed by atoms with E-state index in [0.717, 1.165) is 22.9 Å². The van der Waals surface area contributed by atoms with Crippen LogP contribution in [0.2, 0.25) is 5.02 Å². The van der Waals surface area contributed by atoms with Crippen molar-refractivity contribution in [3.8, 4) is 11.1 Å². The summed E-state index contributed by atoms with van der Waals surface area (Å²) in [6.45, 7) is 0. The number of nitrogens with one attached hydrogen (secondary N) is 1. The van der Waals surface area contributed by atoms with Crippen LogP contribution in [0.25, 0.3) is 11.1 Å². The molecule has 0 saturated carbocycles. The normalized spacial score (nSPS) is 12.9. The minimum Gasteiger partial charge on any atom is -0.479 e. The van der Waals surface area contributed by atoms with E-state index in [1.165, 1.54) is 0 Å².